The van der Waals surface area contributed by atoms with Crippen LogP contribution in [0.15, 0.2) is 53.4 Å². The molecule has 4 nitrogen and oxygen atoms in total. The molecule has 0 saturated carbocycles. The smallest absolute Gasteiger partial charge is 0.343 e. The Bertz CT molecular complexity index is 736. The van der Waals surface area contributed by atoms with Crippen LogP contribution in [-0.4, -0.2) is 20.6 Å². The van der Waals surface area contributed by atoms with Gasteiger partial charge in [0.25, 0.3) is 0 Å². The predicted octanol–water partition coefficient (Wildman–Crippen LogP) is 2.96. The van der Waals surface area contributed by atoms with E-state index < -0.39 is 15.8 Å². The van der Waals surface area contributed by atoms with Crippen molar-refractivity contribution in [1.29, 1.82) is 0 Å². The molecule has 0 fully saturated rings. The second-order valence-corrected chi connectivity index (χ2v) is 6.60. The van der Waals surface area contributed by atoms with Crippen LogP contribution in [0.2, 0.25) is 5.02 Å². The first-order chi connectivity index (χ1) is 9.36. The van der Waals surface area contributed by atoms with Gasteiger partial charge in [-0.1, -0.05) is 17.7 Å². The largest absolute Gasteiger partial charge is 0.423 e. The fourth-order valence-corrected chi connectivity index (χ4v) is 2.35. The van der Waals surface area contributed by atoms with Crippen molar-refractivity contribution in [3.8, 4) is 5.75 Å². The summed E-state index contributed by atoms with van der Waals surface area (Å²) < 4.78 is 27.8. The molecular weight excluding hydrogens is 300 g/mol. The van der Waals surface area contributed by atoms with Gasteiger partial charge in [-0.05, 0) is 42.5 Å². The Kier molecular flexibility index (Phi) is 4.11. The van der Waals surface area contributed by atoms with Crippen LogP contribution in [0.1, 0.15) is 10.4 Å². The van der Waals surface area contributed by atoms with Gasteiger partial charge in [0.1, 0.15) is 5.75 Å². The standard InChI is InChI=1S/C14H11ClO4S/c1-20(17,18)13-7-5-10(6-8-13)14(16)19-12-4-2-3-11(15)9-12/h2-9H,1H3. The number of hydrogen-bond donors (Lipinski definition) is 0. The maximum atomic E-state index is 11.9. The number of ether oxygens (including phenoxy) is 1. The van der Waals surface area contributed by atoms with E-state index in [4.69, 9.17) is 16.3 Å². The number of hydrogen-bond acceptors (Lipinski definition) is 4. The normalized spacial score (nSPS) is 11.1. The van der Waals surface area contributed by atoms with Crippen LogP contribution in [0.3, 0.4) is 0 Å². The Balaban J connectivity index is 2.18. The molecule has 0 saturated heterocycles. The quantitative estimate of drug-likeness (QED) is 0.646. The number of benzene rings is 2. The average Bonchev–Trinajstić information content (AvgIpc) is 2.38. The van der Waals surface area contributed by atoms with Gasteiger partial charge in [0.05, 0.1) is 10.5 Å². The van der Waals surface area contributed by atoms with Crippen molar-refractivity contribution in [2.75, 3.05) is 6.26 Å². The van der Waals surface area contributed by atoms with Gasteiger partial charge in [-0.15, -0.1) is 0 Å². The molecule has 0 atom stereocenters. The van der Waals surface area contributed by atoms with Crippen molar-refractivity contribution in [2.24, 2.45) is 0 Å². The summed E-state index contributed by atoms with van der Waals surface area (Å²) in [7, 11) is -3.28. The topological polar surface area (TPSA) is 60.4 Å². The van der Waals surface area contributed by atoms with Crippen molar-refractivity contribution in [1.82, 2.24) is 0 Å². The van der Waals surface area contributed by atoms with Crippen LogP contribution >= 0.6 is 11.6 Å². The van der Waals surface area contributed by atoms with Crippen LogP contribution < -0.4 is 4.74 Å². The highest BCUT2D eigenvalue weighted by Gasteiger charge is 2.11. The summed E-state index contributed by atoms with van der Waals surface area (Å²) >= 11 is 5.79. The Morgan fingerprint density at radius 3 is 2.30 bits per heavy atom. The Hall–Kier alpha value is -1.85. The summed E-state index contributed by atoms with van der Waals surface area (Å²) in [5.41, 5.74) is 0.261. The molecular formula is C14H11ClO4S. The van der Waals surface area contributed by atoms with E-state index in [0.717, 1.165) is 6.26 Å². The molecule has 0 aliphatic carbocycles. The zero-order chi connectivity index (χ0) is 14.8. The first-order valence-corrected chi connectivity index (χ1v) is 7.91. The number of sulfone groups is 1. The SMILES string of the molecule is CS(=O)(=O)c1ccc(C(=O)Oc2cccc(Cl)c2)cc1. The summed E-state index contributed by atoms with van der Waals surface area (Å²) in [6, 6.07) is 12.0. The summed E-state index contributed by atoms with van der Waals surface area (Å²) in [6.07, 6.45) is 1.10. The van der Waals surface area contributed by atoms with Crippen molar-refractivity contribution >= 4 is 27.4 Å². The molecule has 104 valence electrons. The molecule has 0 amide bonds. The minimum absolute atomic E-state index is 0.150. The summed E-state index contributed by atoms with van der Waals surface area (Å²) in [4.78, 5) is 12.0. The number of halogens is 1. The Morgan fingerprint density at radius 2 is 1.75 bits per heavy atom. The monoisotopic (exact) mass is 310 g/mol. The number of rotatable bonds is 3. The molecule has 2 aromatic carbocycles. The van der Waals surface area contributed by atoms with Crippen molar-refractivity contribution < 1.29 is 17.9 Å². The van der Waals surface area contributed by atoms with E-state index in [1.54, 1.807) is 18.2 Å². The van der Waals surface area contributed by atoms with Crippen LogP contribution in [0.25, 0.3) is 0 Å². The molecule has 0 radical (unpaired) electrons. The van der Waals surface area contributed by atoms with E-state index in [-0.39, 0.29) is 10.5 Å². The molecule has 0 unspecified atom stereocenters. The number of carbonyl (C=O) groups is 1. The Labute approximate surface area is 121 Å². The van der Waals surface area contributed by atoms with Crippen molar-refractivity contribution in [3.63, 3.8) is 0 Å². The molecule has 2 rings (SSSR count). The van der Waals surface area contributed by atoms with E-state index in [9.17, 15) is 13.2 Å². The predicted molar refractivity (Wildman–Crippen MR) is 76.0 cm³/mol. The average molecular weight is 311 g/mol. The fourth-order valence-electron chi connectivity index (χ4n) is 1.53. The summed E-state index contributed by atoms with van der Waals surface area (Å²) in [6.45, 7) is 0. The van der Waals surface area contributed by atoms with Gasteiger partial charge in [-0.25, -0.2) is 13.2 Å². The van der Waals surface area contributed by atoms with Crippen molar-refractivity contribution in [2.45, 2.75) is 4.90 Å². The van der Waals surface area contributed by atoms with E-state index in [1.165, 1.54) is 30.3 Å². The molecule has 0 aliphatic rings. The third-order valence-electron chi connectivity index (χ3n) is 2.52. The third kappa shape index (κ3) is 3.59. The van der Waals surface area contributed by atoms with Gasteiger partial charge in [-0.2, -0.15) is 0 Å². The van der Waals surface area contributed by atoms with Gasteiger partial charge in [0.2, 0.25) is 0 Å². The van der Waals surface area contributed by atoms with Gasteiger partial charge in [-0.3, -0.25) is 0 Å². The second-order valence-electron chi connectivity index (χ2n) is 4.14. The van der Waals surface area contributed by atoms with Crippen LogP contribution in [0.4, 0.5) is 0 Å². The maximum absolute atomic E-state index is 11.9. The molecule has 2 aromatic rings. The van der Waals surface area contributed by atoms with Crippen molar-refractivity contribution in [3.05, 3.63) is 59.1 Å². The van der Waals surface area contributed by atoms with E-state index in [1.807, 2.05) is 0 Å². The lowest BCUT2D eigenvalue weighted by molar-refractivity contribution is 0.0734. The lowest BCUT2D eigenvalue weighted by atomic mass is 10.2. The van der Waals surface area contributed by atoms with Crippen LogP contribution in [0.5, 0.6) is 5.75 Å². The highest BCUT2D eigenvalue weighted by atomic mass is 35.5. The maximum Gasteiger partial charge on any atom is 0.343 e. The van der Waals surface area contributed by atoms with Gasteiger partial charge < -0.3 is 4.74 Å². The van der Waals surface area contributed by atoms with Gasteiger partial charge in [0.15, 0.2) is 9.84 Å². The van der Waals surface area contributed by atoms with Gasteiger partial charge >= 0.3 is 5.97 Å². The number of esters is 1. The molecule has 0 heterocycles. The minimum atomic E-state index is -3.28. The summed E-state index contributed by atoms with van der Waals surface area (Å²) in [5, 5.41) is 0.461. The molecule has 0 aliphatic heterocycles. The molecule has 0 spiro atoms. The van der Waals surface area contributed by atoms with E-state index in [0.29, 0.717) is 10.8 Å². The zero-order valence-corrected chi connectivity index (χ0v) is 12.1. The Morgan fingerprint density at radius 1 is 1.10 bits per heavy atom. The second kappa shape index (κ2) is 5.64. The van der Waals surface area contributed by atoms with E-state index >= 15 is 0 Å². The third-order valence-corrected chi connectivity index (χ3v) is 3.89. The highest BCUT2D eigenvalue weighted by Crippen LogP contribution is 2.19. The molecule has 0 aromatic heterocycles. The van der Waals surface area contributed by atoms with Crippen LogP contribution in [-0.2, 0) is 9.84 Å². The molecule has 0 bridgehead atoms. The highest BCUT2D eigenvalue weighted by molar-refractivity contribution is 7.90. The molecule has 6 heteroatoms. The molecule has 20 heavy (non-hydrogen) atoms. The fraction of sp³-hybridized carbons (Fsp3) is 0.0714. The first kappa shape index (κ1) is 14.6. The van der Waals surface area contributed by atoms with E-state index in [2.05, 4.69) is 0 Å². The minimum Gasteiger partial charge on any atom is -0.423 e. The lowest BCUT2D eigenvalue weighted by Crippen LogP contribution is -2.08. The van der Waals surface area contributed by atoms with Crippen LogP contribution in [0, 0.1) is 0 Å². The first-order valence-electron chi connectivity index (χ1n) is 5.64. The molecule has 0 N–H and O–H groups in total. The van der Waals surface area contributed by atoms with Gasteiger partial charge in [0, 0.05) is 11.3 Å². The summed E-state index contributed by atoms with van der Waals surface area (Å²) in [5.74, 6) is -0.248. The number of carbonyl (C=O) groups excluding carboxylic acids is 1. The zero-order valence-electron chi connectivity index (χ0n) is 10.5. The lowest BCUT2D eigenvalue weighted by Gasteiger charge is -2.05.